The van der Waals surface area contributed by atoms with E-state index in [2.05, 4.69) is 10.6 Å². The van der Waals surface area contributed by atoms with Crippen LogP contribution in [-0.4, -0.2) is 13.5 Å². The Kier molecular flexibility index (Phi) is 4.38. The zero-order valence-electron chi connectivity index (χ0n) is 10.4. The Morgan fingerprint density at radius 3 is 2.75 bits per heavy atom. The zero-order chi connectivity index (χ0) is 14.6. The second-order valence-corrected chi connectivity index (χ2v) is 5.93. The van der Waals surface area contributed by atoms with E-state index in [0.29, 0.717) is 17.3 Å². The van der Waals surface area contributed by atoms with Gasteiger partial charge in [-0.25, -0.2) is 13.6 Å². The molecular formula is C12H13N3O3S2. The molecule has 4 N–H and O–H groups in total. The molecule has 0 radical (unpaired) electrons. The minimum atomic E-state index is -3.73. The maximum atomic E-state index is 11.2. The topological polar surface area (TPSA) is 97.4 Å². The normalized spacial score (nSPS) is 11.1. The molecular weight excluding hydrogens is 298 g/mol. The average Bonchev–Trinajstić information content (AvgIpc) is 2.89. The van der Waals surface area contributed by atoms with Crippen LogP contribution in [0.15, 0.2) is 52.0 Å². The van der Waals surface area contributed by atoms with Gasteiger partial charge in [-0.2, -0.15) is 0 Å². The molecule has 0 amide bonds. The van der Waals surface area contributed by atoms with Gasteiger partial charge in [0.1, 0.15) is 5.76 Å². The lowest BCUT2D eigenvalue weighted by atomic mass is 10.3. The molecule has 106 valence electrons. The molecule has 0 bridgehead atoms. The predicted molar refractivity (Wildman–Crippen MR) is 79.6 cm³/mol. The van der Waals surface area contributed by atoms with E-state index >= 15 is 0 Å². The number of nitrogens with one attached hydrogen (secondary N) is 2. The number of sulfonamides is 1. The van der Waals surface area contributed by atoms with Gasteiger partial charge in [0.05, 0.1) is 17.7 Å². The van der Waals surface area contributed by atoms with Crippen LogP contribution in [0, 0.1) is 0 Å². The number of primary sulfonamides is 1. The van der Waals surface area contributed by atoms with Gasteiger partial charge in [0.2, 0.25) is 10.0 Å². The molecule has 2 rings (SSSR count). The monoisotopic (exact) mass is 311 g/mol. The fraction of sp³-hybridized carbons (Fsp3) is 0.0833. The maximum absolute atomic E-state index is 11.2. The molecule has 0 fully saturated rings. The van der Waals surface area contributed by atoms with Crippen molar-refractivity contribution in [1.29, 1.82) is 0 Å². The van der Waals surface area contributed by atoms with Gasteiger partial charge in [-0.15, -0.1) is 0 Å². The second-order valence-electron chi connectivity index (χ2n) is 3.96. The lowest BCUT2D eigenvalue weighted by molar-refractivity contribution is 0.503. The van der Waals surface area contributed by atoms with E-state index in [1.54, 1.807) is 24.5 Å². The summed E-state index contributed by atoms with van der Waals surface area (Å²) < 4.78 is 27.6. The van der Waals surface area contributed by atoms with Gasteiger partial charge in [0.15, 0.2) is 5.11 Å². The molecule has 1 aromatic heterocycles. The summed E-state index contributed by atoms with van der Waals surface area (Å²) in [5, 5.41) is 11.2. The minimum absolute atomic E-state index is 0.0244. The molecule has 0 spiro atoms. The summed E-state index contributed by atoms with van der Waals surface area (Å²) in [6.07, 6.45) is 1.57. The van der Waals surface area contributed by atoms with Crippen molar-refractivity contribution in [2.24, 2.45) is 5.14 Å². The Hall–Kier alpha value is -1.90. The number of hydrogen-bond donors (Lipinski definition) is 3. The molecule has 1 heterocycles. The van der Waals surface area contributed by atoms with Gasteiger partial charge in [0.25, 0.3) is 0 Å². The summed E-state index contributed by atoms with van der Waals surface area (Å²) in [7, 11) is -3.73. The standard InChI is InChI=1S/C12H13N3O3S2/c13-20(16,17)11-5-1-3-9(7-11)15-12(19)14-8-10-4-2-6-18-10/h1-7H,8H2,(H2,13,16,17)(H2,14,15,19). The first-order valence-corrected chi connectivity index (χ1v) is 7.61. The third-order valence-electron chi connectivity index (χ3n) is 2.42. The van der Waals surface area contributed by atoms with Crippen LogP contribution >= 0.6 is 12.2 Å². The molecule has 0 atom stereocenters. The summed E-state index contributed by atoms with van der Waals surface area (Å²) >= 11 is 5.10. The third-order valence-corrected chi connectivity index (χ3v) is 3.58. The molecule has 20 heavy (non-hydrogen) atoms. The van der Waals surface area contributed by atoms with E-state index in [-0.39, 0.29) is 4.90 Å². The van der Waals surface area contributed by atoms with Crippen molar-refractivity contribution < 1.29 is 12.8 Å². The summed E-state index contributed by atoms with van der Waals surface area (Å²) in [5.41, 5.74) is 0.536. The van der Waals surface area contributed by atoms with Crippen LogP contribution < -0.4 is 15.8 Å². The summed E-state index contributed by atoms with van der Waals surface area (Å²) in [4.78, 5) is 0.0244. The van der Waals surface area contributed by atoms with Crippen molar-refractivity contribution >= 4 is 33.0 Å². The lowest BCUT2D eigenvalue weighted by Gasteiger charge is -2.10. The Morgan fingerprint density at radius 2 is 2.10 bits per heavy atom. The first kappa shape index (κ1) is 14.5. The van der Waals surface area contributed by atoms with Crippen LogP contribution in [0.25, 0.3) is 0 Å². The minimum Gasteiger partial charge on any atom is -0.467 e. The molecule has 6 nitrogen and oxygen atoms in total. The van der Waals surface area contributed by atoms with E-state index in [4.69, 9.17) is 21.8 Å². The van der Waals surface area contributed by atoms with Gasteiger partial charge in [-0.3, -0.25) is 0 Å². The number of rotatable bonds is 4. The highest BCUT2D eigenvalue weighted by molar-refractivity contribution is 7.89. The SMILES string of the molecule is NS(=O)(=O)c1cccc(NC(=S)NCc2ccco2)c1. The molecule has 2 aromatic rings. The number of hydrogen-bond acceptors (Lipinski definition) is 4. The largest absolute Gasteiger partial charge is 0.467 e. The van der Waals surface area contributed by atoms with Crippen molar-refractivity contribution in [1.82, 2.24) is 5.32 Å². The molecule has 8 heteroatoms. The first-order valence-electron chi connectivity index (χ1n) is 5.65. The number of anilines is 1. The highest BCUT2D eigenvalue weighted by Crippen LogP contribution is 2.14. The Balaban J connectivity index is 1.97. The Bertz CT molecular complexity index is 696. The number of furan rings is 1. The number of benzene rings is 1. The smallest absolute Gasteiger partial charge is 0.238 e. The molecule has 0 aliphatic heterocycles. The van der Waals surface area contributed by atoms with Gasteiger partial charge < -0.3 is 15.1 Å². The third kappa shape index (κ3) is 4.05. The lowest BCUT2D eigenvalue weighted by Crippen LogP contribution is -2.27. The van der Waals surface area contributed by atoms with Crippen LogP contribution in [0.1, 0.15) is 5.76 Å². The van der Waals surface area contributed by atoms with Gasteiger partial charge in [-0.1, -0.05) is 6.07 Å². The highest BCUT2D eigenvalue weighted by Gasteiger charge is 2.08. The molecule has 0 unspecified atom stereocenters. The summed E-state index contributed by atoms with van der Waals surface area (Å²) in [5.74, 6) is 0.743. The van der Waals surface area contributed by atoms with Crippen molar-refractivity contribution in [3.8, 4) is 0 Å². The van der Waals surface area contributed by atoms with Crippen LogP contribution in [-0.2, 0) is 16.6 Å². The van der Waals surface area contributed by atoms with Crippen LogP contribution in [0.3, 0.4) is 0 Å². The number of thiocarbonyl (C=S) groups is 1. The Labute approximate surface area is 122 Å². The summed E-state index contributed by atoms with van der Waals surface area (Å²) in [6.45, 7) is 0.438. The molecule has 1 aromatic carbocycles. The Morgan fingerprint density at radius 1 is 1.30 bits per heavy atom. The molecule has 0 saturated carbocycles. The van der Waals surface area contributed by atoms with Crippen molar-refractivity contribution in [2.75, 3.05) is 5.32 Å². The quantitative estimate of drug-likeness (QED) is 0.739. The maximum Gasteiger partial charge on any atom is 0.238 e. The van der Waals surface area contributed by atoms with Crippen LogP contribution in [0.2, 0.25) is 0 Å². The fourth-order valence-electron chi connectivity index (χ4n) is 1.51. The fourth-order valence-corrected chi connectivity index (χ4v) is 2.26. The molecule has 0 aliphatic carbocycles. The van der Waals surface area contributed by atoms with Gasteiger partial charge in [-0.05, 0) is 42.5 Å². The first-order chi connectivity index (χ1) is 9.45. The molecule has 0 aliphatic rings. The summed E-state index contributed by atoms with van der Waals surface area (Å²) in [6, 6.07) is 9.70. The second kappa shape index (κ2) is 6.04. The van der Waals surface area contributed by atoms with Crippen molar-refractivity contribution in [2.45, 2.75) is 11.4 Å². The predicted octanol–water partition coefficient (Wildman–Crippen LogP) is 1.41. The van der Waals surface area contributed by atoms with Crippen molar-refractivity contribution in [3.05, 3.63) is 48.4 Å². The van der Waals surface area contributed by atoms with Crippen molar-refractivity contribution in [3.63, 3.8) is 0 Å². The van der Waals surface area contributed by atoms with E-state index in [0.717, 1.165) is 5.76 Å². The zero-order valence-corrected chi connectivity index (χ0v) is 12.0. The highest BCUT2D eigenvalue weighted by atomic mass is 32.2. The van der Waals surface area contributed by atoms with Crippen LogP contribution in [0.5, 0.6) is 0 Å². The van der Waals surface area contributed by atoms with E-state index in [9.17, 15) is 8.42 Å². The van der Waals surface area contributed by atoms with E-state index in [1.807, 2.05) is 6.07 Å². The van der Waals surface area contributed by atoms with Gasteiger partial charge in [0, 0.05) is 5.69 Å². The van der Waals surface area contributed by atoms with Crippen LogP contribution in [0.4, 0.5) is 5.69 Å². The average molecular weight is 311 g/mol. The molecule has 0 saturated heterocycles. The number of nitrogens with two attached hydrogens (primary N) is 1. The van der Waals surface area contributed by atoms with E-state index < -0.39 is 10.0 Å². The van der Waals surface area contributed by atoms with E-state index in [1.165, 1.54) is 12.1 Å². The van der Waals surface area contributed by atoms with Gasteiger partial charge >= 0.3 is 0 Å².